The molecule has 1 amide bonds. The van der Waals surface area contributed by atoms with Crippen molar-refractivity contribution in [2.45, 2.75) is 64.5 Å². The minimum Gasteiger partial charge on any atom is -0.332 e. The number of nitrogens with zero attached hydrogens (tertiary/aromatic N) is 3. The molecule has 0 atom stereocenters. The van der Waals surface area contributed by atoms with Gasteiger partial charge < -0.3 is 9.74 Å². The number of rotatable bonds is 3. The topological polar surface area (TPSA) is 27.9 Å². The lowest BCUT2D eigenvalue weighted by Gasteiger charge is -2.32. The first-order valence-electron chi connectivity index (χ1n) is 9.19. The summed E-state index contributed by atoms with van der Waals surface area (Å²) >= 11 is 0. The summed E-state index contributed by atoms with van der Waals surface area (Å²) in [6.07, 6.45) is -3.08. The number of alkyl halides is 3. The zero-order valence-electron chi connectivity index (χ0n) is 15.9. The fourth-order valence-electron chi connectivity index (χ4n) is 3.81. The van der Waals surface area contributed by atoms with Crippen molar-refractivity contribution in [3.63, 3.8) is 0 Å². The molecular weight excluding hydrogens is 355 g/mol. The Morgan fingerprint density at radius 1 is 1.26 bits per heavy atom. The number of hydrogen-bond donors (Lipinski definition) is 0. The lowest BCUT2D eigenvalue weighted by Crippen LogP contribution is -2.40. The van der Waals surface area contributed by atoms with E-state index in [4.69, 9.17) is 6.57 Å². The number of carbonyl (C=O) groups is 1. The maximum atomic E-state index is 13.6. The van der Waals surface area contributed by atoms with E-state index in [0.29, 0.717) is 38.0 Å². The predicted octanol–water partition coefficient (Wildman–Crippen LogP) is 4.34. The smallest absolute Gasteiger partial charge is 0.332 e. The first-order valence-corrected chi connectivity index (χ1v) is 9.19. The largest absolute Gasteiger partial charge is 0.416 e. The Hall–Kier alpha value is -2.07. The van der Waals surface area contributed by atoms with Crippen LogP contribution in [-0.4, -0.2) is 40.4 Å². The first-order chi connectivity index (χ1) is 12.5. The van der Waals surface area contributed by atoms with Gasteiger partial charge in [-0.1, -0.05) is 0 Å². The molecule has 0 saturated carbocycles. The summed E-state index contributed by atoms with van der Waals surface area (Å²) in [5.74, 6) is -0.327. The molecule has 4 nitrogen and oxygen atoms in total. The van der Waals surface area contributed by atoms with E-state index < -0.39 is 11.7 Å². The molecule has 2 aliphatic heterocycles. The molecule has 2 aliphatic rings. The number of amides is 1. The van der Waals surface area contributed by atoms with Crippen LogP contribution >= 0.6 is 0 Å². The van der Waals surface area contributed by atoms with E-state index in [1.807, 2.05) is 6.92 Å². The van der Waals surface area contributed by atoms with E-state index >= 15 is 0 Å². The molecule has 0 bridgehead atoms. The number of hydrogen-bond acceptors (Lipinski definition) is 2. The van der Waals surface area contributed by atoms with Crippen molar-refractivity contribution in [3.8, 4) is 0 Å². The zero-order chi connectivity index (χ0) is 20.0. The number of likely N-dealkylation sites (tertiary alicyclic amines) is 1. The molecule has 1 aromatic rings. The minimum absolute atomic E-state index is 0.00797. The number of halogens is 3. The van der Waals surface area contributed by atoms with Crippen LogP contribution in [0, 0.1) is 6.57 Å². The minimum atomic E-state index is -4.49. The van der Waals surface area contributed by atoms with E-state index in [2.05, 4.69) is 9.74 Å². The second kappa shape index (κ2) is 6.83. The maximum absolute atomic E-state index is 13.6. The van der Waals surface area contributed by atoms with E-state index in [0.717, 1.165) is 0 Å². The normalized spacial score (nSPS) is 20.1. The number of fused-ring (bicyclic) bond motifs is 1. The molecule has 1 fully saturated rings. The Bertz CT molecular complexity index is 787. The van der Waals surface area contributed by atoms with Gasteiger partial charge in [0.05, 0.1) is 5.56 Å². The van der Waals surface area contributed by atoms with Crippen LogP contribution in [0.15, 0.2) is 12.1 Å². The standard InChI is InChI=1S/C20H24F3N3O/c1-13(2)26-12-16-15(18(26)27)9-14(10-17(16)20(21,22)23)11-25-7-5-19(3,24-4)6-8-25/h9-10,13H,5-8,11-12H2,1-3H3. The quantitative estimate of drug-likeness (QED) is 0.731. The summed E-state index contributed by atoms with van der Waals surface area (Å²) in [6, 6.07) is 2.67. The fraction of sp³-hybridized carbons (Fsp3) is 0.600. The van der Waals surface area contributed by atoms with Crippen LogP contribution in [0.1, 0.15) is 60.7 Å². The van der Waals surface area contributed by atoms with Crippen LogP contribution in [0.5, 0.6) is 0 Å². The highest BCUT2D eigenvalue weighted by atomic mass is 19.4. The summed E-state index contributed by atoms with van der Waals surface area (Å²) in [5, 5.41) is 0. The van der Waals surface area contributed by atoms with E-state index in [9.17, 15) is 18.0 Å². The van der Waals surface area contributed by atoms with Gasteiger partial charge >= 0.3 is 6.18 Å². The SMILES string of the molecule is [C-]#[N+]C1(C)CCN(Cc2cc3c(c(C(F)(F)F)c2)CN(C(C)C)C3=O)CC1. The average Bonchev–Trinajstić information content (AvgIpc) is 2.93. The molecule has 1 aromatic carbocycles. The second-order valence-corrected chi connectivity index (χ2v) is 8.08. The van der Waals surface area contributed by atoms with Crippen molar-refractivity contribution in [2.75, 3.05) is 13.1 Å². The van der Waals surface area contributed by atoms with Gasteiger partial charge in [-0.3, -0.25) is 9.69 Å². The Morgan fingerprint density at radius 2 is 1.89 bits per heavy atom. The lowest BCUT2D eigenvalue weighted by molar-refractivity contribution is -0.138. The molecule has 2 heterocycles. The van der Waals surface area contributed by atoms with Gasteiger partial charge in [0.1, 0.15) is 0 Å². The zero-order valence-corrected chi connectivity index (χ0v) is 15.9. The Morgan fingerprint density at radius 3 is 2.41 bits per heavy atom. The van der Waals surface area contributed by atoms with E-state index in [-0.39, 0.29) is 35.2 Å². The molecule has 0 N–H and O–H groups in total. The van der Waals surface area contributed by atoms with Gasteiger partial charge in [0.2, 0.25) is 5.54 Å². The predicted molar refractivity (Wildman–Crippen MR) is 96.0 cm³/mol. The third kappa shape index (κ3) is 3.81. The van der Waals surface area contributed by atoms with Gasteiger partial charge in [-0.05, 0) is 37.1 Å². The van der Waals surface area contributed by atoms with Crippen molar-refractivity contribution in [3.05, 3.63) is 45.8 Å². The van der Waals surface area contributed by atoms with Gasteiger partial charge in [-0.15, -0.1) is 0 Å². The molecule has 0 unspecified atom stereocenters. The van der Waals surface area contributed by atoms with Crippen LogP contribution in [0.3, 0.4) is 0 Å². The molecule has 7 heteroatoms. The number of carbonyl (C=O) groups excluding carboxylic acids is 1. The van der Waals surface area contributed by atoms with Crippen LogP contribution in [0.4, 0.5) is 13.2 Å². The Labute approximate surface area is 157 Å². The van der Waals surface area contributed by atoms with Crippen LogP contribution < -0.4 is 0 Å². The molecule has 1 saturated heterocycles. The molecule has 3 rings (SSSR count). The van der Waals surface area contributed by atoms with E-state index in [1.54, 1.807) is 19.9 Å². The van der Waals surface area contributed by atoms with Crippen LogP contribution in [0.2, 0.25) is 0 Å². The Balaban J connectivity index is 1.89. The molecule has 0 aliphatic carbocycles. The van der Waals surface area contributed by atoms with Gasteiger partial charge in [-0.2, -0.15) is 13.2 Å². The van der Waals surface area contributed by atoms with Gasteiger partial charge in [0.25, 0.3) is 5.91 Å². The number of benzene rings is 1. The van der Waals surface area contributed by atoms with Crippen molar-refractivity contribution >= 4 is 5.91 Å². The van der Waals surface area contributed by atoms with Crippen LogP contribution in [0.25, 0.3) is 4.85 Å². The lowest BCUT2D eigenvalue weighted by atomic mass is 9.90. The van der Waals surface area contributed by atoms with Crippen molar-refractivity contribution < 1.29 is 18.0 Å². The van der Waals surface area contributed by atoms with E-state index in [1.165, 1.54) is 11.0 Å². The van der Waals surface area contributed by atoms with Crippen molar-refractivity contribution in [2.24, 2.45) is 0 Å². The number of piperidine rings is 1. The summed E-state index contributed by atoms with van der Waals surface area (Å²) in [6.45, 7) is 14.5. The summed E-state index contributed by atoms with van der Waals surface area (Å²) in [7, 11) is 0. The van der Waals surface area contributed by atoms with Crippen molar-refractivity contribution in [1.82, 2.24) is 9.80 Å². The molecular formula is C20H24F3N3O. The molecule has 0 radical (unpaired) electrons. The molecule has 0 spiro atoms. The van der Waals surface area contributed by atoms with Gasteiger partial charge in [0.15, 0.2) is 0 Å². The molecule has 27 heavy (non-hydrogen) atoms. The third-order valence-electron chi connectivity index (χ3n) is 5.67. The molecule has 146 valence electrons. The highest BCUT2D eigenvalue weighted by Gasteiger charge is 2.41. The fourth-order valence-corrected chi connectivity index (χ4v) is 3.81. The van der Waals surface area contributed by atoms with Crippen LogP contribution in [-0.2, 0) is 19.3 Å². The summed E-state index contributed by atoms with van der Waals surface area (Å²) in [5.41, 5.74) is -0.305. The second-order valence-electron chi connectivity index (χ2n) is 8.08. The summed E-state index contributed by atoms with van der Waals surface area (Å²) in [4.78, 5) is 19.8. The highest BCUT2D eigenvalue weighted by molar-refractivity contribution is 5.99. The highest BCUT2D eigenvalue weighted by Crippen LogP contribution is 2.39. The monoisotopic (exact) mass is 379 g/mol. The Kier molecular flexibility index (Phi) is 4.98. The van der Waals surface area contributed by atoms with Gasteiger partial charge in [0, 0.05) is 57.5 Å². The van der Waals surface area contributed by atoms with Crippen molar-refractivity contribution in [1.29, 1.82) is 0 Å². The van der Waals surface area contributed by atoms with Gasteiger partial charge in [-0.25, -0.2) is 6.57 Å². The first kappa shape index (κ1) is 19.7. The summed E-state index contributed by atoms with van der Waals surface area (Å²) < 4.78 is 40.9. The maximum Gasteiger partial charge on any atom is 0.416 e. The molecule has 0 aromatic heterocycles. The average molecular weight is 379 g/mol. The third-order valence-corrected chi connectivity index (χ3v) is 5.67.